The zero-order chi connectivity index (χ0) is 13.1. The van der Waals surface area contributed by atoms with Gasteiger partial charge in [-0.15, -0.1) is 11.3 Å². The van der Waals surface area contributed by atoms with Gasteiger partial charge < -0.3 is 5.32 Å². The maximum atomic E-state index is 9.17. The Morgan fingerprint density at radius 2 is 2.17 bits per heavy atom. The highest BCUT2D eigenvalue weighted by Crippen LogP contribution is 2.22. The Bertz CT molecular complexity index is 608. The van der Waals surface area contributed by atoms with E-state index in [1.54, 1.807) is 11.3 Å². The number of rotatable bonds is 3. The summed E-state index contributed by atoms with van der Waals surface area (Å²) in [5.41, 5.74) is 4.50. The number of hydrogen-bond acceptors (Lipinski definition) is 4. The van der Waals surface area contributed by atoms with Crippen LogP contribution >= 0.6 is 11.3 Å². The number of thiophene rings is 1. The quantitative estimate of drug-likeness (QED) is 0.914. The van der Waals surface area contributed by atoms with Crippen molar-refractivity contribution >= 4 is 17.0 Å². The molecule has 2 heterocycles. The van der Waals surface area contributed by atoms with Crippen molar-refractivity contribution in [1.82, 2.24) is 4.98 Å². The van der Waals surface area contributed by atoms with E-state index in [-0.39, 0.29) is 0 Å². The van der Waals surface area contributed by atoms with Crippen molar-refractivity contribution in [3.05, 3.63) is 44.9 Å². The topological polar surface area (TPSA) is 48.7 Å². The number of aromatic nitrogens is 1. The molecule has 0 aliphatic heterocycles. The lowest BCUT2D eigenvalue weighted by Crippen LogP contribution is -2.04. The minimum atomic E-state index is 0.634. The maximum Gasteiger partial charge on any atom is 0.103 e. The van der Waals surface area contributed by atoms with E-state index in [0.717, 1.165) is 23.6 Å². The second-order valence-corrected chi connectivity index (χ2v) is 5.26. The fourth-order valence-corrected chi connectivity index (χ4v) is 2.72. The molecule has 0 unspecified atom stereocenters. The third-order valence-corrected chi connectivity index (χ3v) is 3.87. The predicted octanol–water partition coefficient (Wildman–Crippen LogP) is 3.55. The van der Waals surface area contributed by atoms with Crippen LogP contribution in [-0.2, 0) is 6.54 Å². The molecule has 0 bridgehead atoms. The zero-order valence-electron chi connectivity index (χ0n) is 10.7. The molecule has 2 aromatic heterocycles. The molecule has 1 N–H and O–H groups in total. The molecule has 0 saturated carbocycles. The molecule has 18 heavy (non-hydrogen) atoms. The summed E-state index contributed by atoms with van der Waals surface area (Å²) in [6, 6.07) is 6.25. The third-order valence-electron chi connectivity index (χ3n) is 2.85. The van der Waals surface area contributed by atoms with Gasteiger partial charge in [-0.3, -0.25) is 4.98 Å². The molecule has 0 atom stereocenters. The van der Waals surface area contributed by atoms with Gasteiger partial charge in [-0.2, -0.15) is 5.26 Å². The molecule has 92 valence electrons. The van der Waals surface area contributed by atoms with E-state index in [2.05, 4.69) is 34.7 Å². The summed E-state index contributed by atoms with van der Waals surface area (Å²) in [4.78, 5) is 5.60. The van der Waals surface area contributed by atoms with Crippen LogP contribution in [0.25, 0.3) is 0 Å². The highest BCUT2D eigenvalue weighted by atomic mass is 32.1. The summed E-state index contributed by atoms with van der Waals surface area (Å²) >= 11 is 1.73. The minimum Gasteiger partial charge on any atom is -0.379 e. The highest BCUT2D eigenvalue weighted by molar-refractivity contribution is 7.10. The summed E-state index contributed by atoms with van der Waals surface area (Å²) in [6.45, 7) is 6.66. The van der Waals surface area contributed by atoms with Crippen molar-refractivity contribution in [2.75, 3.05) is 5.32 Å². The number of anilines is 1. The van der Waals surface area contributed by atoms with Gasteiger partial charge in [-0.1, -0.05) is 0 Å². The molecule has 0 fully saturated rings. The average Bonchev–Trinajstić information content (AvgIpc) is 2.71. The molecule has 0 aromatic carbocycles. The summed E-state index contributed by atoms with van der Waals surface area (Å²) < 4.78 is 0. The Morgan fingerprint density at radius 1 is 1.39 bits per heavy atom. The van der Waals surface area contributed by atoms with Gasteiger partial charge in [-0.05, 0) is 43.8 Å². The minimum absolute atomic E-state index is 0.634. The fourth-order valence-electron chi connectivity index (χ4n) is 1.87. The number of nitrogens with zero attached hydrogens (tertiary/aromatic N) is 2. The first kappa shape index (κ1) is 12.6. The number of nitriles is 1. The van der Waals surface area contributed by atoms with Crippen LogP contribution in [0.4, 0.5) is 5.69 Å². The van der Waals surface area contributed by atoms with Crippen molar-refractivity contribution in [1.29, 1.82) is 5.26 Å². The molecule has 0 saturated heterocycles. The van der Waals surface area contributed by atoms with E-state index in [0.29, 0.717) is 5.56 Å². The van der Waals surface area contributed by atoms with Crippen LogP contribution < -0.4 is 5.32 Å². The fraction of sp³-hybridized carbons (Fsp3) is 0.286. The monoisotopic (exact) mass is 257 g/mol. The zero-order valence-corrected chi connectivity index (χ0v) is 11.6. The number of pyridine rings is 1. The van der Waals surface area contributed by atoms with Gasteiger partial charge in [0, 0.05) is 17.1 Å². The van der Waals surface area contributed by atoms with E-state index < -0.39 is 0 Å². The van der Waals surface area contributed by atoms with E-state index >= 15 is 0 Å². The molecule has 2 aromatic rings. The van der Waals surface area contributed by atoms with E-state index in [9.17, 15) is 5.26 Å². The van der Waals surface area contributed by atoms with Gasteiger partial charge in [0.2, 0.25) is 0 Å². The molecule has 0 aliphatic rings. The second-order valence-electron chi connectivity index (χ2n) is 4.26. The van der Waals surface area contributed by atoms with Crippen LogP contribution in [0.2, 0.25) is 0 Å². The third kappa shape index (κ3) is 2.52. The molecule has 3 nitrogen and oxygen atoms in total. The van der Waals surface area contributed by atoms with Gasteiger partial charge >= 0.3 is 0 Å². The Morgan fingerprint density at radius 3 is 2.78 bits per heavy atom. The van der Waals surface area contributed by atoms with Crippen LogP contribution in [-0.4, -0.2) is 4.98 Å². The largest absolute Gasteiger partial charge is 0.379 e. The first-order valence-electron chi connectivity index (χ1n) is 5.77. The van der Waals surface area contributed by atoms with Crippen molar-refractivity contribution in [3.8, 4) is 6.07 Å². The Labute approximate surface area is 111 Å². The molecule has 2 rings (SSSR count). The van der Waals surface area contributed by atoms with Crippen LogP contribution in [0.15, 0.2) is 17.5 Å². The van der Waals surface area contributed by atoms with E-state index in [4.69, 9.17) is 0 Å². The molecular formula is C14H15N3S. The molecular weight excluding hydrogens is 242 g/mol. The van der Waals surface area contributed by atoms with Crippen LogP contribution in [0.5, 0.6) is 0 Å². The van der Waals surface area contributed by atoms with Crippen molar-refractivity contribution in [2.45, 2.75) is 27.3 Å². The molecule has 0 radical (unpaired) electrons. The lowest BCUT2D eigenvalue weighted by atomic mass is 10.1. The van der Waals surface area contributed by atoms with Gasteiger partial charge in [0.05, 0.1) is 16.9 Å². The van der Waals surface area contributed by atoms with E-state index in [1.165, 1.54) is 10.4 Å². The van der Waals surface area contributed by atoms with Crippen molar-refractivity contribution < 1.29 is 0 Å². The lowest BCUT2D eigenvalue weighted by Gasteiger charge is -2.10. The Hall–Kier alpha value is -1.86. The lowest BCUT2D eigenvalue weighted by molar-refractivity contribution is 1.08. The molecule has 0 amide bonds. The normalized spacial score (nSPS) is 10.1. The smallest absolute Gasteiger partial charge is 0.103 e. The van der Waals surface area contributed by atoms with Crippen LogP contribution in [0.3, 0.4) is 0 Å². The van der Waals surface area contributed by atoms with Gasteiger partial charge in [0.25, 0.3) is 0 Å². The van der Waals surface area contributed by atoms with E-state index in [1.807, 2.05) is 19.9 Å². The number of nitrogens with one attached hydrogen (secondary N) is 1. The van der Waals surface area contributed by atoms with Gasteiger partial charge in [-0.25, -0.2) is 0 Å². The predicted molar refractivity (Wildman–Crippen MR) is 74.8 cm³/mol. The summed E-state index contributed by atoms with van der Waals surface area (Å²) in [5.74, 6) is 0. The van der Waals surface area contributed by atoms with Crippen LogP contribution in [0, 0.1) is 32.1 Å². The summed E-state index contributed by atoms with van der Waals surface area (Å²) in [5, 5.41) is 14.6. The van der Waals surface area contributed by atoms with Crippen molar-refractivity contribution in [3.63, 3.8) is 0 Å². The first-order chi connectivity index (χ1) is 8.61. The average molecular weight is 257 g/mol. The van der Waals surface area contributed by atoms with Crippen LogP contribution in [0.1, 0.15) is 27.4 Å². The van der Waals surface area contributed by atoms with Crippen molar-refractivity contribution in [2.24, 2.45) is 0 Å². The van der Waals surface area contributed by atoms with Gasteiger partial charge in [0.1, 0.15) is 6.07 Å². The molecule has 4 heteroatoms. The Kier molecular flexibility index (Phi) is 3.63. The number of hydrogen-bond donors (Lipinski definition) is 1. The number of aryl methyl sites for hydroxylation is 3. The highest BCUT2D eigenvalue weighted by Gasteiger charge is 2.08. The Balaban J connectivity index is 2.24. The molecule has 0 aliphatic carbocycles. The standard InChI is InChI=1S/C14H15N3S/c1-9-4-5-18-14(9)8-16-13-6-10(2)17-11(3)12(13)7-15/h4-6H,8H2,1-3H3,(H,16,17). The summed E-state index contributed by atoms with van der Waals surface area (Å²) in [6.07, 6.45) is 0. The molecule has 0 spiro atoms. The van der Waals surface area contributed by atoms with Gasteiger partial charge in [0.15, 0.2) is 0 Å². The SMILES string of the molecule is Cc1cc(NCc2sccc2C)c(C#N)c(C)n1. The maximum absolute atomic E-state index is 9.17. The second kappa shape index (κ2) is 5.19. The first-order valence-corrected chi connectivity index (χ1v) is 6.65. The summed E-state index contributed by atoms with van der Waals surface area (Å²) in [7, 11) is 0.